The molecule has 5 nitrogen and oxygen atoms in total. The minimum atomic E-state index is -0.420. The fraction of sp³-hybridized carbons (Fsp3) is 0.500. The second kappa shape index (κ2) is 8.47. The largest absolute Gasteiger partial charge is 0.462 e. The lowest BCUT2D eigenvalue weighted by molar-refractivity contribution is 0.0526. The van der Waals surface area contributed by atoms with Crippen molar-refractivity contribution in [1.29, 1.82) is 0 Å². The highest BCUT2D eigenvalue weighted by Crippen LogP contribution is 2.22. The molecule has 1 saturated heterocycles. The van der Waals surface area contributed by atoms with Crippen molar-refractivity contribution in [1.82, 2.24) is 10.2 Å². The Labute approximate surface area is 147 Å². The van der Waals surface area contributed by atoms with Gasteiger partial charge in [0.2, 0.25) is 0 Å². The third-order valence-corrected chi connectivity index (χ3v) is 4.31. The van der Waals surface area contributed by atoms with Gasteiger partial charge in [-0.05, 0) is 70.3 Å². The molecule has 0 unspecified atom stereocenters. The molecule has 0 aromatic heterocycles. The first kappa shape index (κ1) is 18.0. The zero-order valence-electron chi connectivity index (χ0n) is 13.4. The molecule has 2 rings (SSSR count). The Morgan fingerprint density at radius 3 is 2.74 bits per heavy atom. The molecular formula is C16H22ClN3O2S. The van der Waals surface area contributed by atoms with Crippen molar-refractivity contribution in [3.05, 3.63) is 28.8 Å². The Kier molecular flexibility index (Phi) is 6.62. The third kappa shape index (κ3) is 5.34. The number of rotatable bonds is 4. The highest BCUT2D eigenvalue weighted by molar-refractivity contribution is 7.80. The van der Waals surface area contributed by atoms with Gasteiger partial charge in [-0.1, -0.05) is 11.6 Å². The number of nitrogens with one attached hydrogen (secondary N) is 2. The Bertz CT molecular complexity index is 574. The molecule has 126 valence electrons. The number of halogens is 1. The van der Waals surface area contributed by atoms with E-state index < -0.39 is 5.97 Å². The lowest BCUT2D eigenvalue weighted by Crippen LogP contribution is -2.44. The summed E-state index contributed by atoms with van der Waals surface area (Å²) in [5.74, 6) is -0.420. The average Bonchev–Trinajstić information content (AvgIpc) is 2.50. The summed E-state index contributed by atoms with van der Waals surface area (Å²) >= 11 is 11.5. The summed E-state index contributed by atoms with van der Waals surface area (Å²) in [5, 5.41) is 7.35. The number of thiocarbonyl (C=S) groups is 1. The summed E-state index contributed by atoms with van der Waals surface area (Å²) in [6, 6.07) is 5.47. The number of hydrogen-bond donors (Lipinski definition) is 2. The number of piperidine rings is 1. The van der Waals surface area contributed by atoms with Gasteiger partial charge in [-0.15, -0.1) is 0 Å². The van der Waals surface area contributed by atoms with Gasteiger partial charge in [0, 0.05) is 11.7 Å². The van der Waals surface area contributed by atoms with Crippen LogP contribution in [0, 0.1) is 0 Å². The van der Waals surface area contributed by atoms with Gasteiger partial charge >= 0.3 is 5.97 Å². The van der Waals surface area contributed by atoms with E-state index in [4.69, 9.17) is 28.6 Å². The fourth-order valence-corrected chi connectivity index (χ4v) is 3.01. The maximum atomic E-state index is 11.7. The van der Waals surface area contributed by atoms with Crippen LogP contribution in [-0.2, 0) is 4.74 Å². The van der Waals surface area contributed by atoms with Crippen molar-refractivity contribution in [3.8, 4) is 0 Å². The minimum absolute atomic E-state index is 0.319. The van der Waals surface area contributed by atoms with Gasteiger partial charge in [-0.25, -0.2) is 4.79 Å². The van der Waals surface area contributed by atoms with Gasteiger partial charge in [0.1, 0.15) is 0 Å². The van der Waals surface area contributed by atoms with Gasteiger partial charge in [0.05, 0.1) is 17.2 Å². The van der Waals surface area contributed by atoms with Crippen LogP contribution in [0.25, 0.3) is 0 Å². The molecule has 0 radical (unpaired) electrons. The van der Waals surface area contributed by atoms with E-state index in [1.165, 1.54) is 0 Å². The van der Waals surface area contributed by atoms with E-state index in [0.717, 1.165) is 31.6 Å². The summed E-state index contributed by atoms with van der Waals surface area (Å²) in [7, 11) is 2.12. The van der Waals surface area contributed by atoms with Crippen molar-refractivity contribution in [2.24, 2.45) is 0 Å². The third-order valence-electron chi connectivity index (χ3n) is 3.78. The molecule has 0 amide bonds. The molecule has 1 aliphatic rings. The number of likely N-dealkylation sites (tertiary alicyclic amines) is 1. The van der Waals surface area contributed by atoms with Crippen LogP contribution in [0.15, 0.2) is 18.2 Å². The molecule has 23 heavy (non-hydrogen) atoms. The molecule has 1 aromatic rings. The Balaban J connectivity index is 1.91. The minimum Gasteiger partial charge on any atom is -0.462 e. The quantitative estimate of drug-likeness (QED) is 0.640. The first-order valence-electron chi connectivity index (χ1n) is 7.72. The standard InChI is InChI=1S/C16H22ClN3O2S/c1-3-22-15(21)13-5-4-12(10-14(13)17)19-16(23)18-11-6-8-20(2)9-7-11/h4-5,10-11H,3,6-9H2,1-2H3,(H2,18,19,23). The van der Waals surface area contributed by atoms with Crippen LogP contribution in [0.3, 0.4) is 0 Å². The lowest BCUT2D eigenvalue weighted by Gasteiger charge is -2.30. The fourth-order valence-electron chi connectivity index (χ4n) is 2.47. The zero-order valence-corrected chi connectivity index (χ0v) is 15.0. The van der Waals surface area contributed by atoms with Crippen LogP contribution in [0.1, 0.15) is 30.1 Å². The lowest BCUT2D eigenvalue weighted by atomic mass is 10.1. The Morgan fingerprint density at radius 2 is 2.13 bits per heavy atom. The van der Waals surface area contributed by atoms with E-state index in [-0.39, 0.29) is 0 Å². The topological polar surface area (TPSA) is 53.6 Å². The number of hydrogen-bond acceptors (Lipinski definition) is 4. The molecule has 1 fully saturated rings. The number of carbonyl (C=O) groups is 1. The number of benzene rings is 1. The monoisotopic (exact) mass is 355 g/mol. The highest BCUT2D eigenvalue weighted by Gasteiger charge is 2.17. The van der Waals surface area contributed by atoms with Crippen LogP contribution in [0.4, 0.5) is 5.69 Å². The Morgan fingerprint density at radius 1 is 1.43 bits per heavy atom. The molecule has 1 aromatic carbocycles. The summed E-state index contributed by atoms with van der Waals surface area (Å²) < 4.78 is 4.95. The van der Waals surface area contributed by atoms with Crippen molar-refractivity contribution >= 4 is 40.6 Å². The molecule has 0 aliphatic carbocycles. The van der Waals surface area contributed by atoms with E-state index in [0.29, 0.717) is 28.3 Å². The molecule has 1 aliphatic heterocycles. The number of esters is 1. The highest BCUT2D eigenvalue weighted by atomic mass is 35.5. The number of anilines is 1. The van der Waals surface area contributed by atoms with E-state index in [1.807, 2.05) is 0 Å². The molecule has 0 spiro atoms. The second-order valence-electron chi connectivity index (χ2n) is 5.59. The first-order chi connectivity index (χ1) is 11.0. The van der Waals surface area contributed by atoms with Gasteiger partial charge in [0.25, 0.3) is 0 Å². The summed E-state index contributed by atoms with van der Waals surface area (Å²) in [4.78, 5) is 14.0. The molecule has 7 heteroatoms. The van der Waals surface area contributed by atoms with Crippen LogP contribution < -0.4 is 10.6 Å². The average molecular weight is 356 g/mol. The van der Waals surface area contributed by atoms with Crippen molar-refractivity contribution in [2.45, 2.75) is 25.8 Å². The van der Waals surface area contributed by atoms with E-state index in [2.05, 4.69) is 22.6 Å². The second-order valence-corrected chi connectivity index (χ2v) is 6.41. The van der Waals surface area contributed by atoms with Crippen molar-refractivity contribution in [2.75, 3.05) is 32.1 Å². The molecule has 0 bridgehead atoms. The van der Waals surface area contributed by atoms with E-state index in [9.17, 15) is 4.79 Å². The van der Waals surface area contributed by atoms with Gasteiger partial charge in [0.15, 0.2) is 5.11 Å². The predicted molar refractivity (Wildman–Crippen MR) is 97.3 cm³/mol. The first-order valence-corrected chi connectivity index (χ1v) is 8.51. The summed E-state index contributed by atoms with van der Waals surface area (Å²) in [6.45, 7) is 4.22. The molecule has 0 saturated carbocycles. The maximum Gasteiger partial charge on any atom is 0.339 e. The van der Waals surface area contributed by atoms with Crippen LogP contribution in [0.5, 0.6) is 0 Å². The van der Waals surface area contributed by atoms with Gasteiger partial charge < -0.3 is 20.3 Å². The Hall–Kier alpha value is -1.37. The maximum absolute atomic E-state index is 11.7. The van der Waals surface area contributed by atoms with Crippen LogP contribution >= 0.6 is 23.8 Å². The molecule has 1 heterocycles. The smallest absolute Gasteiger partial charge is 0.339 e. The number of ether oxygens (including phenoxy) is 1. The van der Waals surface area contributed by atoms with Crippen molar-refractivity contribution < 1.29 is 9.53 Å². The van der Waals surface area contributed by atoms with E-state index >= 15 is 0 Å². The summed E-state index contributed by atoms with van der Waals surface area (Å²) in [6.07, 6.45) is 2.14. The normalized spacial score (nSPS) is 16.0. The molecule has 0 atom stereocenters. The van der Waals surface area contributed by atoms with Gasteiger partial charge in [-0.2, -0.15) is 0 Å². The number of nitrogens with zero attached hydrogens (tertiary/aromatic N) is 1. The summed E-state index contributed by atoms with van der Waals surface area (Å²) in [5.41, 5.74) is 1.10. The predicted octanol–water partition coefficient (Wildman–Crippen LogP) is 2.90. The van der Waals surface area contributed by atoms with E-state index in [1.54, 1.807) is 25.1 Å². The van der Waals surface area contributed by atoms with Crippen molar-refractivity contribution in [3.63, 3.8) is 0 Å². The number of carbonyl (C=O) groups excluding carboxylic acids is 1. The molecular weight excluding hydrogens is 334 g/mol. The SMILES string of the molecule is CCOC(=O)c1ccc(NC(=S)NC2CCN(C)CC2)cc1Cl. The van der Waals surface area contributed by atoms with Gasteiger partial charge in [-0.3, -0.25) is 0 Å². The van der Waals surface area contributed by atoms with Crippen LogP contribution in [-0.4, -0.2) is 48.8 Å². The van der Waals surface area contributed by atoms with Crippen LogP contribution in [0.2, 0.25) is 5.02 Å². The molecule has 2 N–H and O–H groups in total. The zero-order chi connectivity index (χ0) is 16.8.